The van der Waals surface area contributed by atoms with Crippen LogP contribution in [-0.4, -0.2) is 10.8 Å². The summed E-state index contributed by atoms with van der Waals surface area (Å²) in [4.78, 5) is 16.1. The number of nitrogen functional groups attached to an aromatic ring is 1. The minimum Gasteiger partial charge on any atom is -0.453 e. The van der Waals surface area contributed by atoms with Crippen molar-refractivity contribution in [3.8, 4) is 0 Å². The highest BCUT2D eigenvalue weighted by atomic mass is 19.1. The number of hydrogen-bond acceptors (Lipinski definition) is 4. The fourth-order valence-corrected chi connectivity index (χ4v) is 1.85. The Labute approximate surface area is 107 Å². The first-order chi connectivity index (χ1) is 9.15. The summed E-state index contributed by atoms with van der Waals surface area (Å²) in [5.74, 6) is -0.717. The molecule has 0 atom stereocenters. The summed E-state index contributed by atoms with van der Waals surface area (Å²) >= 11 is 0. The number of aromatic nitrogens is 1. The molecule has 3 aromatic rings. The number of hydrogen-bond donors (Lipinski definition) is 1. The monoisotopic (exact) mass is 256 g/mol. The molecule has 0 bridgehead atoms. The third-order valence-corrected chi connectivity index (χ3v) is 2.76. The minimum atomic E-state index is -0.422. The molecule has 0 aliphatic rings. The van der Waals surface area contributed by atoms with Crippen LogP contribution in [0.3, 0.4) is 0 Å². The molecule has 0 fully saturated rings. The second-order valence-electron chi connectivity index (χ2n) is 4.06. The first-order valence-corrected chi connectivity index (χ1v) is 5.59. The van der Waals surface area contributed by atoms with Crippen molar-refractivity contribution < 1.29 is 13.6 Å². The quantitative estimate of drug-likeness (QED) is 0.716. The normalized spacial score (nSPS) is 10.8. The fraction of sp³-hybridized carbons (Fsp3) is 0. The molecule has 2 aromatic heterocycles. The molecule has 2 heterocycles. The smallest absolute Gasteiger partial charge is 0.248 e. The van der Waals surface area contributed by atoms with Gasteiger partial charge in [0.25, 0.3) is 0 Å². The van der Waals surface area contributed by atoms with Crippen molar-refractivity contribution in [2.24, 2.45) is 0 Å². The molecule has 0 amide bonds. The number of fused-ring (bicyclic) bond motifs is 1. The molecule has 0 aliphatic carbocycles. The fourth-order valence-electron chi connectivity index (χ4n) is 1.85. The summed E-state index contributed by atoms with van der Waals surface area (Å²) in [6.45, 7) is 0. The molecule has 0 aliphatic heterocycles. The van der Waals surface area contributed by atoms with Gasteiger partial charge in [0.05, 0.1) is 5.69 Å². The molecule has 4 nitrogen and oxygen atoms in total. The SMILES string of the molecule is Nc1cccnc1C(=O)c1cc2cc(F)ccc2o1. The van der Waals surface area contributed by atoms with Crippen LogP contribution in [-0.2, 0) is 0 Å². The lowest BCUT2D eigenvalue weighted by atomic mass is 10.1. The number of ketones is 1. The van der Waals surface area contributed by atoms with E-state index in [9.17, 15) is 9.18 Å². The molecule has 0 saturated heterocycles. The third kappa shape index (κ3) is 1.95. The number of carbonyl (C=O) groups is 1. The lowest BCUT2D eigenvalue weighted by Gasteiger charge is -1.99. The van der Waals surface area contributed by atoms with Crippen LogP contribution in [0.4, 0.5) is 10.1 Å². The Hall–Kier alpha value is -2.69. The zero-order valence-electron chi connectivity index (χ0n) is 9.76. The molecular weight excluding hydrogens is 247 g/mol. The van der Waals surface area contributed by atoms with Gasteiger partial charge in [-0.05, 0) is 36.4 Å². The third-order valence-electron chi connectivity index (χ3n) is 2.76. The zero-order chi connectivity index (χ0) is 13.4. The second kappa shape index (κ2) is 4.20. The molecule has 1 aromatic carbocycles. The molecule has 3 rings (SSSR count). The van der Waals surface area contributed by atoms with E-state index in [4.69, 9.17) is 10.2 Å². The Morgan fingerprint density at radius 1 is 1.26 bits per heavy atom. The summed E-state index contributed by atoms with van der Waals surface area (Å²) in [6, 6.07) is 8.76. The maximum Gasteiger partial charge on any atom is 0.248 e. The summed E-state index contributed by atoms with van der Waals surface area (Å²) in [5.41, 5.74) is 6.54. The average Bonchev–Trinajstić information content (AvgIpc) is 2.81. The van der Waals surface area contributed by atoms with Crippen molar-refractivity contribution in [1.82, 2.24) is 4.98 Å². The van der Waals surface area contributed by atoms with Crippen molar-refractivity contribution in [3.05, 3.63) is 59.9 Å². The molecule has 5 heteroatoms. The van der Waals surface area contributed by atoms with E-state index in [2.05, 4.69) is 4.98 Å². The summed E-state index contributed by atoms with van der Waals surface area (Å²) in [7, 11) is 0. The number of rotatable bonds is 2. The number of nitrogens with two attached hydrogens (primary N) is 1. The van der Waals surface area contributed by atoms with Crippen LogP contribution in [0.1, 0.15) is 16.2 Å². The van der Waals surface area contributed by atoms with Gasteiger partial charge < -0.3 is 10.2 Å². The average molecular weight is 256 g/mol. The highest BCUT2D eigenvalue weighted by molar-refractivity contribution is 6.10. The van der Waals surface area contributed by atoms with Crippen LogP contribution >= 0.6 is 0 Å². The number of benzene rings is 1. The van der Waals surface area contributed by atoms with E-state index in [-0.39, 0.29) is 23.0 Å². The van der Waals surface area contributed by atoms with E-state index in [1.54, 1.807) is 12.1 Å². The molecule has 0 unspecified atom stereocenters. The van der Waals surface area contributed by atoms with E-state index in [0.29, 0.717) is 11.0 Å². The summed E-state index contributed by atoms with van der Waals surface area (Å²) in [6.07, 6.45) is 1.48. The second-order valence-corrected chi connectivity index (χ2v) is 4.06. The Bertz CT molecular complexity index is 780. The molecule has 0 spiro atoms. The zero-order valence-corrected chi connectivity index (χ0v) is 9.76. The van der Waals surface area contributed by atoms with Crippen LogP contribution in [0.25, 0.3) is 11.0 Å². The van der Waals surface area contributed by atoms with E-state index in [0.717, 1.165) is 0 Å². The van der Waals surface area contributed by atoms with E-state index in [1.807, 2.05) is 0 Å². The van der Waals surface area contributed by atoms with Crippen LogP contribution in [0.5, 0.6) is 0 Å². The van der Waals surface area contributed by atoms with Gasteiger partial charge in [-0.15, -0.1) is 0 Å². The highest BCUT2D eigenvalue weighted by Gasteiger charge is 2.18. The number of pyridine rings is 1. The Balaban J connectivity index is 2.09. The minimum absolute atomic E-state index is 0.0889. The van der Waals surface area contributed by atoms with Gasteiger partial charge in [0, 0.05) is 11.6 Å². The van der Waals surface area contributed by atoms with Crippen molar-refractivity contribution in [3.63, 3.8) is 0 Å². The summed E-state index contributed by atoms with van der Waals surface area (Å²) < 4.78 is 18.5. The molecule has 19 heavy (non-hydrogen) atoms. The molecule has 94 valence electrons. The first-order valence-electron chi connectivity index (χ1n) is 5.59. The molecule has 0 radical (unpaired) electrons. The molecule has 2 N–H and O–H groups in total. The first kappa shape index (κ1) is 11.4. The largest absolute Gasteiger partial charge is 0.453 e. The van der Waals surface area contributed by atoms with Gasteiger partial charge >= 0.3 is 0 Å². The van der Waals surface area contributed by atoms with E-state index in [1.165, 1.54) is 30.5 Å². The van der Waals surface area contributed by atoms with Crippen molar-refractivity contribution >= 4 is 22.4 Å². The number of carbonyl (C=O) groups excluding carboxylic acids is 1. The Kier molecular flexibility index (Phi) is 2.52. The van der Waals surface area contributed by atoms with Crippen LogP contribution in [0.2, 0.25) is 0 Å². The molecule has 0 saturated carbocycles. The lowest BCUT2D eigenvalue weighted by molar-refractivity contribution is 0.101. The molecular formula is C14H9FN2O2. The van der Waals surface area contributed by atoms with E-state index < -0.39 is 5.78 Å². The van der Waals surface area contributed by atoms with Gasteiger partial charge in [-0.1, -0.05) is 0 Å². The number of halogens is 1. The van der Waals surface area contributed by atoms with Crippen LogP contribution < -0.4 is 5.73 Å². The number of nitrogens with zero attached hydrogens (tertiary/aromatic N) is 1. The number of furan rings is 1. The maximum absolute atomic E-state index is 13.1. The van der Waals surface area contributed by atoms with Crippen molar-refractivity contribution in [2.75, 3.05) is 5.73 Å². The topological polar surface area (TPSA) is 69.1 Å². The predicted octanol–water partition coefficient (Wildman–Crippen LogP) is 2.78. The Morgan fingerprint density at radius 2 is 2.11 bits per heavy atom. The van der Waals surface area contributed by atoms with Gasteiger partial charge in [-0.3, -0.25) is 9.78 Å². The highest BCUT2D eigenvalue weighted by Crippen LogP contribution is 2.23. The van der Waals surface area contributed by atoms with Crippen molar-refractivity contribution in [2.45, 2.75) is 0 Å². The number of anilines is 1. The van der Waals surface area contributed by atoms with Crippen molar-refractivity contribution in [1.29, 1.82) is 0 Å². The van der Waals surface area contributed by atoms with Gasteiger partial charge in [0.15, 0.2) is 5.76 Å². The van der Waals surface area contributed by atoms with Gasteiger partial charge in [0.2, 0.25) is 5.78 Å². The summed E-state index contributed by atoms with van der Waals surface area (Å²) in [5, 5.41) is 0.526. The maximum atomic E-state index is 13.1. The predicted molar refractivity (Wildman–Crippen MR) is 68.3 cm³/mol. The van der Waals surface area contributed by atoms with E-state index >= 15 is 0 Å². The lowest BCUT2D eigenvalue weighted by Crippen LogP contribution is -2.06. The van der Waals surface area contributed by atoms with Crippen LogP contribution in [0.15, 0.2) is 47.0 Å². The Morgan fingerprint density at radius 3 is 2.89 bits per heavy atom. The van der Waals surface area contributed by atoms with Gasteiger partial charge in [-0.2, -0.15) is 0 Å². The standard InChI is InChI=1S/C14H9FN2O2/c15-9-3-4-11-8(6-9)7-12(19-11)14(18)13-10(16)2-1-5-17-13/h1-7H,16H2. The van der Waals surface area contributed by atoms with Gasteiger partial charge in [-0.25, -0.2) is 4.39 Å². The van der Waals surface area contributed by atoms with Crippen LogP contribution in [0, 0.1) is 5.82 Å². The van der Waals surface area contributed by atoms with Gasteiger partial charge in [0.1, 0.15) is 17.1 Å².